The molecule has 3 rings (SSSR count). The largest absolute Gasteiger partial charge is 0.392 e. The number of nitrogens with zero attached hydrogens (tertiary/aromatic N) is 3. The monoisotopic (exact) mass is 253 g/mol. The lowest BCUT2D eigenvalue weighted by Gasteiger charge is -2.60. The Balaban J connectivity index is 1.77. The van der Waals surface area contributed by atoms with Crippen LogP contribution < -0.4 is 0 Å². The molecule has 0 aromatic heterocycles. The van der Waals surface area contributed by atoms with Gasteiger partial charge in [0.2, 0.25) is 5.91 Å². The number of rotatable bonds is 1. The molecule has 1 N–H and O–H groups in total. The van der Waals surface area contributed by atoms with Crippen molar-refractivity contribution in [2.75, 3.05) is 39.3 Å². The van der Waals surface area contributed by atoms with Crippen LogP contribution in [0.5, 0.6) is 0 Å². The molecule has 0 aliphatic carbocycles. The molecule has 1 amide bonds. The van der Waals surface area contributed by atoms with Gasteiger partial charge in [-0.25, -0.2) is 0 Å². The summed E-state index contributed by atoms with van der Waals surface area (Å²) < 4.78 is 0. The lowest BCUT2D eigenvalue weighted by Crippen LogP contribution is -2.78. The van der Waals surface area contributed by atoms with Gasteiger partial charge in [-0.2, -0.15) is 0 Å². The van der Waals surface area contributed by atoms with Gasteiger partial charge in [-0.1, -0.05) is 6.92 Å². The summed E-state index contributed by atoms with van der Waals surface area (Å²) in [6.07, 6.45) is 0.702. The maximum Gasteiger partial charge on any atom is 0.219 e. The Labute approximate surface area is 108 Å². The van der Waals surface area contributed by atoms with E-state index < -0.39 is 0 Å². The van der Waals surface area contributed by atoms with Gasteiger partial charge in [0.25, 0.3) is 0 Å². The van der Waals surface area contributed by atoms with Crippen LogP contribution in [0, 0.1) is 0 Å². The second-order valence-electron chi connectivity index (χ2n) is 6.12. The first kappa shape index (κ1) is 12.4. The van der Waals surface area contributed by atoms with E-state index in [0.29, 0.717) is 6.04 Å². The molecule has 3 heterocycles. The molecule has 3 fully saturated rings. The van der Waals surface area contributed by atoms with Gasteiger partial charge in [-0.15, -0.1) is 0 Å². The first-order chi connectivity index (χ1) is 8.54. The van der Waals surface area contributed by atoms with Crippen LogP contribution in [0.25, 0.3) is 0 Å². The van der Waals surface area contributed by atoms with Crippen molar-refractivity contribution in [3.8, 4) is 0 Å². The summed E-state index contributed by atoms with van der Waals surface area (Å²) in [5.74, 6) is 0.172. The zero-order chi connectivity index (χ0) is 12.9. The highest BCUT2D eigenvalue weighted by Gasteiger charge is 2.56. The minimum atomic E-state index is -0.185. The second kappa shape index (κ2) is 4.18. The van der Waals surface area contributed by atoms with Crippen LogP contribution in [-0.4, -0.2) is 82.7 Å². The number of hydrogen-bond acceptors (Lipinski definition) is 4. The van der Waals surface area contributed by atoms with Gasteiger partial charge in [0.1, 0.15) is 0 Å². The maximum atomic E-state index is 11.4. The Morgan fingerprint density at radius 3 is 2.67 bits per heavy atom. The number of hydrogen-bond donors (Lipinski definition) is 1. The van der Waals surface area contributed by atoms with Crippen molar-refractivity contribution in [3.05, 3.63) is 0 Å². The topological polar surface area (TPSA) is 47.0 Å². The fourth-order valence-electron chi connectivity index (χ4n) is 3.93. The second-order valence-corrected chi connectivity index (χ2v) is 6.12. The van der Waals surface area contributed by atoms with Gasteiger partial charge >= 0.3 is 0 Å². The Morgan fingerprint density at radius 1 is 1.33 bits per heavy atom. The molecule has 102 valence electrons. The molecular formula is C13H23N3O2. The van der Waals surface area contributed by atoms with E-state index in [9.17, 15) is 9.90 Å². The molecule has 0 aromatic rings. The maximum absolute atomic E-state index is 11.4. The molecule has 0 aromatic carbocycles. The van der Waals surface area contributed by atoms with Crippen molar-refractivity contribution in [1.82, 2.24) is 14.7 Å². The molecule has 3 aliphatic rings. The molecule has 5 nitrogen and oxygen atoms in total. The van der Waals surface area contributed by atoms with Crippen LogP contribution in [0.15, 0.2) is 0 Å². The summed E-state index contributed by atoms with van der Waals surface area (Å²) in [5, 5.41) is 9.91. The highest BCUT2D eigenvalue weighted by molar-refractivity contribution is 5.74. The van der Waals surface area contributed by atoms with Crippen LogP contribution in [0.4, 0.5) is 0 Å². The number of carbonyl (C=O) groups excluding carboxylic acids is 1. The number of β-amino-alcohol motifs (C(OH)–C–C–N with tert-alkyl or cyclic N) is 1. The Morgan fingerprint density at radius 2 is 2.06 bits per heavy atom. The van der Waals surface area contributed by atoms with Gasteiger partial charge < -0.3 is 14.9 Å². The molecule has 3 saturated heterocycles. The van der Waals surface area contributed by atoms with Crippen molar-refractivity contribution < 1.29 is 9.90 Å². The Kier molecular flexibility index (Phi) is 2.88. The number of likely N-dealkylation sites (tertiary alicyclic amines) is 1. The minimum Gasteiger partial charge on any atom is -0.392 e. The minimum absolute atomic E-state index is 0.113. The SMILES string of the molecule is CCN1CC2CC(O)CN2C2(C1)CN(C(C)=O)C2. The quantitative estimate of drug-likeness (QED) is 0.675. The van der Waals surface area contributed by atoms with Gasteiger partial charge in [0.15, 0.2) is 0 Å². The van der Waals surface area contributed by atoms with E-state index >= 15 is 0 Å². The molecular weight excluding hydrogens is 230 g/mol. The first-order valence-electron chi connectivity index (χ1n) is 6.97. The van der Waals surface area contributed by atoms with Crippen LogP contribution >= 0.6 is 0 Å². The molecule has 5 heteroatoms. The van der Waals surface area contributed by atoms with Crippen molar-refractivity contribution in [2.24, 2.45) is 0 Å². The lowest BCUT2D eigenvalue weighted by atomic mass is 9.83. The molecule has 0 radical (unpaired) electrons. The molecule has 18 heavy (non-hydrogen) atoms. The molecule has 0 saturated carbocycles. The third-order valence-electron chi connectivity index (χ3n) is 4.85. The molecule has 2 unspecified atom stereocenters. The normalized spacial score (nSPS) is 35.6. The van der Waals surface area contributed by atoms with Crippen molar-refractivity contribution in [3.63, 3.8) is 0 Å². The van der Waals surface area contributed by atoms with E-state index in [4.69, 9.17) is 0 Å². The average Bonchev–Trinajstić information content (AvgIpc) is 2.64. The van der Waals surface area contributed by atoms with Crippen molar-refractivity contribution >= 4 is 5.91 Å². The van der Waals surface area contributed by atoms with Crippen LogP contribution in [0.1, 0.15) is 20.3 Å². The summed E-state index contributed by atoms with van der Waals surface area (Å²) in [7, 11) is 0. The first-order valence-corrected chi connectivity index (χ1v) is 6.97. The summed E-state index contributed by atoms with van der Waals surface area (Å²) in [6.45, 7) is 9.45. The lowest BCUT2D eigenvalue weighted by molar-refractivity contribution is -0.153. The standard InChI is InChI=1S/C13H23N3O2/c1-3-14-5-11-4-12(18)6-16(11)13(7-14)8-15(9-13)10(2)17/h11-12,18H,3-9H2,1-2H3. The third-order valence-corrected chi connectivity index (χ3v) is 4.85. The van der Waals surface area contributed by atoms with E-state index in [-0.39, 0.29) is 17.6 Å². The predicted octanol–water partition coefficient (Wildman–Crippen LogP) is -0.642. The zero-order valence-electron chi connectivity index (χ0n) is 11.3. The number of amides is 1. The number of piperazine rings is 1. The van der Waals surface area contributed by atoms with Gasteiger partial charge in [-0.3, -0.25) is 9.69 Å². The summed E-state index contributed by atoms with van der Waals surface area (Å²) in [4.78, 5) is 18.3. The van der Waals surface area contributed by atoms with E-state index in [2.05, 4.69) is 16.7 Å². The zero-order valence-corrected chi connectivity index (χ0v) is 11.3. The summed E-state index contributed by atoms with van der Waals surface area (Å²) >= 11 is 0. The number of aliphatic hydroxyl groups excluding tert-OH is 1. The average molecular weight is 253 g/mol. The smallest absolute Gasteiger partial charge is 0.219 e. The van der Waals surface area contributed by atoms with Crippen molar-refractivity contribution in [1.29, 1.82) is 0 Å². The Bertz CT molecular complexity index is 354. The van der Waals surface area contributed by atoms with E-state index in [1.165, 1.54) is 0 Å². The Hall–Kier alpha value is -0.650. The van der Waals surface area contributed by atoms with E-state index in [1.54, 1.807) is 6.92 Å². The van der Waals surface area contributed by atoms with Crippen LogP contribution in [0.2, 0.25) is 0 Å². The fourth-order valence-corrected chi connectivity index (χ4v) is 3.93. The number of fused-ring (bicyclic) bond motifs is 2. The molecule has 2 atom stereocenters. The van der Waals surface area contributed by atoms with Crippen molar-refractivity contribution in [2.45, 2.75) is 38.0 Å². The number of aliphatic hydroxyl groups is 1. The van der Waals surface area contributed by atoms with Crippen LogP contribution in [0.3, 0.4) is 0 Å². The third kappa shape index (κ3) is 1.76. The van der Waals surface area contributed by atoms with Gasteiger partial charge in [-0.05, 0) is 13.0 Å². The van der Waals surface area contributed by atoms with Crippen LogP contribution in [-0.2, 0) is 4.79 Å². The number of likely N-dealkylation sites (N-methyl/N-ethyl adjacent to an activating group) is 1. The fraction of sp³-hybridized carbons (Fsp3) is 0.923. The summed E-state index contributed by atoms with van der Waals surface area (Å²) in [5.41, 5.74) is 0.113. The van der Waals surface area contributed by atoms with E-state index in [1.807, 2.05) is 4.90 Å². The highest BCUT2D eigenvalue weighted by Crippen LogP contribution is 2.38. The molecule has 0 bridgehead atoms. The van der Waals surface area contributed by atoms with Gasteiger partial charge in [0, 0.05) is 45.7 Å². The predicted molar refractivity (Wildman–Crippen MR) is 68.2 cm³/mol. The number of carbonyl (C=O) groups is 1. The van der Waals surface area contributed by atoms with Gasteiger partial charge in [0.05, 0.1) is 11.6 Å². The molecule has 3 aliphatic heterocycles. The highest BCUT2D eigenvalue weighted by atomic mass is 16.3. The van der Waals surface area contributed by atoms with E-state index in [0.717, 1.165) is 45.7 Å². The summed E-state index contributed by atoms with van der Waals surface area (Å²) in [6, 6.07) is 0.475. The molecule has 1 spiro atoms.